The van der Waals surface area contributed by atoms with Gasteiger partial charge in [0.05, 0.1) is 12.0 Å². The van der Waals surface area contributed by atoms with Crippen molar-refractivity contribution in [1.82, 2.24) is 0 Å². The molecule has 0 unspecified atom stereocenters. The minimum absolute atomic E-state index is 0.0540. The maximum Gasteiger partial charge on any atom is 0.0730 e. The number of hydrogen-bond donors (Lipinski definition) is 1. The van der Waals surface area contributed by atoms with Gasteiger partial charge in [-0.25, -0.2) is 0 Å². The molecule has 0 saturated carbocycles. The Balaban J connectivity index is 2.24. The Labute approximate surface area is 121 Å². The number of para-hydroxylation sites is 1. The standard InChI is InChI=1S/C18H20N2/c1-3-15(13-19)17-11-7-8-12-18(17)20-14(2)16-9-5-4-6-10-16/h4-12,14-15,20H,3H2,1-2H3/t14-,15+/m1/s1. The fourth-order valence-electron chi connectivity index (χ4n) is 2.37. The molecule has 0 aromatic heterocycles. The molecule has 0 spiro atoms. The van der Waals surface area contributed by atoms with Crippen LogP contribution < -0.4 is 5.32 Å². The second-order valence-corrected chi connectivity index (χ2v) is 4.95. The lowest BCUT2D eigenvalue weighted by atomic mass is 9.95. The van der Waals surface area contributed by atoms with Gasteiger partial charge in [0.1, 0.15) is 0 Å². The summed E-state index contributed by atoms with van der Waals surface area (Å²) < 4.78 is 0. The molecule has 1 N–H and O–H groups in total. The van der Waals surface area contributed by atoms with Gasteiger partial charge in [-0.1, -0.05) is 55.5 Å². The van der Waals surface area contributed by atoms with E-state index in [1.165, 1.54) is 5.56 Å². The zero-order valence-electron chi connectivity index (χ0n) is 12.0. The van der Waals surface area contributed by atoms with Crippen LogP contribution in [0.5, 0.6) is 0 Å². The van der Waals surface area contributed by atoms with Crippen LogP contribution in [0, 0.1) is 11.3 Å². The minimum atomic E-state index is -0.0540. The number of hydrogen-bond acceptors (Lipinski definition) is 2. The molecule has 2 nitrogen and oxygen atoms in total. The SMILES string of the molecule is CC[C@@H](C#N)c1ccccc1N[C@H](C)c1ccccc1. The molecule has 0 aliphatic rings. The van der Waals surface area contributed by atoms with Crippen LogP contribution in [0.4, 0.5) is 5.69 Å². The van der Waals surface area contributed by atoms with Gasteiger partial charge in [0.15, 0.2) is 0 Å². The Morgan fingerprint density at radius 3 is 2.35 bits per heavy atom. The number of benzene rings is 2. The summed E-state index contributed by atoms with van der Waals surface area (Å²) in [5.74, 6) is -0.0540. The number of rotatable bonds is 5. The first kappa shape index (κ1) is 14.1. The molecule has 0 fully saturated rings. The maximum absolute atomic E-state index is 9.28. The van der Waals surface area contributed by atoms with Gasteiger partial charge in [-0.3, -0.25) is 0 Å². The highest BCUT2D eigenvalue weighted by Gasteiger charge is 2.14. The van der Waals surface area contributed by atoms with Crippen molar-refractivity contribution in [1.29, 1.82) is 5.26 Å². The van der Waals surface area contributed by atoms with Gasteiger partial charge < -0.3 is 5.32 Å². The van der Waals surface area contributed by atoms with E-state index >= 15 is 0 Å². The molecule has 0 heterocycles. The largest absolute Gasteiger partial charge is 0.378 e. The van der Waals surface area contributed by atoms with E-state index in [-0.39, 0.29) is 12.0 Å². The Hall–Kier alpha value is -2.27. The first-order valence-corrected chi connectivity index (χ1v) is 7.06. The van der Waals surface area contributed by atoms with E-state index < -0.39 is 0 Å². The lowest BCUT2D eigenvalue weighted by molar-refractivity contribution is 0.809. The number of nitrogens with one attached hydrogen (secondary N) is 1. The Morgan fingerprint density at radius 1 is 1.05 bits per heavy atom. The molecule has 0 saturated heterocycles. The van der Waals surface area contributed by atoms with E-state index in [0.29, 0.717) is 0 Å². The van der Waals surface area contributed by atoms with Gasteiger partial charge in [-0.2, -0.15) is 5.26 Å². The van der Waals surface area contributed by atoms with E-state index in [0.717, 1.165) is 17.7 Å². The van der Waals surface area contributed by atoms with Crippen molar-refractivity contribution < 1.29 is 0 Å². The molecule has 0 bridgehead atoms. The van der Waals surface area contributed by atoms with Crippen molar-refractivity contribution in [3.8, 4) is 6.07 Å². The van der Waals surface area contributed by atoms with Gasteiger partial charge in [0.2, 0.25) is 0 Å². The van der Waals surface area contributed by atoms with Crippen molar-refractivity contribution in [2.24, 2.45) is 0 Å². The second-order valence-electron chi connectivity index (χ2n) is 4.95. The summed E-state index contributed by atoms with van der Waals surface area (Å²) in [6.45, 7) is 4.19. The summed E-state index contributed by atoms with van der Waals surface area (Å²) in [4.78, 5) is 0. The highest BCUT2D eigenvalue weighted by molar-refractivity contribution is 5.55. The van der Waals surface area contributed by atoms with Crippen molar-refractivity contribution in [3.05, 3.63) is 65.7 Å². The van der Waals surface area contributed by atoms with E-state index in [1.54, 1.807) is 0 Å². The zero-order valence-corrected chi connectivity index (χ0v) is 12.0. The summed E-state index contributed by atoms with van der Waals surface area (Å²) in [5, 5.41) is 12.8. The van der Waals surface area contributed by atoms with Crippen LogP contribution in [0.2, 0.25) is 0 Å². The average Bonchev–Trinajstić information content (AvgIpc) is 2.51. The quantitative estimate of drug-likeness (QED) is 0.835. The molecule has 2 aromatic carbocycles. The number of anilines is 1. The van der Waals surface area contributed by atoms with Crippen LogP contribution in [0.1, 0.15) is 43.4 Å². The maximum atomic E-state index is 9.28. The predicted octanol–water partition coefficient (Wildman–Crippen LogP) is 4.88. The molecule has 0 radical (unpaired) electrons. The second kappa shape index (κ2) is 6.77. The van der Waals surface area contributed by atoms with Crippen LogP contribution >= 0.6 is 0 Å². The van der Waals surface area contributed by atoms with Gasteiger partial charge in [-0.05, 0) is 30.5 Å². The third-order valence-electron chi connectivity index (χ3n) is 3.57. The molecule has 102 valence electrons. The van der Waals surface area contributed by atoms with Crippen LogP contribution in [-0.2, 0) is 0 Å². The van der Waals surface area contributed by atoms with Gasteiger partial charge in [0.25, 0.3) is 0 Å². The van der Waals surface area contributed by atoms with E-state index in [2.05, 4.69) is 36.5 Å². The third-order valence-corrected chi connectivity index (χ3v) is 3.57. The Morgan fingerprint density at radius 2 is 1.70 bits per heavy atom. The zero-order chi connectivity index (χ0) is 14.4. The summed E-state index contributed by atoms with van der Waals surface area (Å²) in [5.41, 5.74) is 3.38. The van der Waals surface area contributed by atoms with E-state index in [9.17, 15) is 5.26 Å². The fraction of sp³-hybridized carbons (Fsp3) is 0.278. The molecule has 2 rings (SSSR count). The summed E-state index contributed by atoms with van der Waals surface area (Å²) >= 11 is 0. The Bertz CT molecular complexity index is 584. The summed E-state index contributed by atoms with van der Waals surface area (Å²) in [7, 11) is 0. The van der Waals surface area contributed by atoms with Gasteiger partial charge in [-0.15, -0.1) is 0 Å². The minimum Gasteiger partial charge on any atom is -0.378 e. The number of nitriles is 1. The van der Waals surface area contributed by atoms with Crippen molar-refractivity contribution in [2.75, 3.05) is 5.32 Å². The first-order chi connectivity index (χ1) is 9.76. The molecule has 0 aliphatic heterocycles. The smallest absolute Gasteiger partial charge is 0.0730 e. The highest BCUT2D eigenvalue weighted by atomic mass is 14.9. The summed E-state index contributed by atoms with van der Waals surface area (Å²) in [6, 6.07) is 21.0. The fourth-order valence-corrected chi connectivity index (χ4v) is 2.37. The van der Waals surface area contributed by atoms with E-state index in [4.69, 9.17) is 0 Å². The molecule has 20 heavy (non-hydrogen) atoms. The van der Waals surface area contributed by atoms with Gasteiger partial charge >= 0.3 is 0 Å². The van der Waals surface area contributed by atoms with Crippen molar-refractivity contribution in [2.45, 2.75) is 32.2 Å². The van der Waals surface area contributed by atoms with Crippen LogP contribution in [0.15, 0.2) is 54.6 Å². The normalized spacial score (nSPS) is 13.2. The average molecular weight is 264 g/mol. The lowest BCUT2D eigenvalue weighted by Gasteiger charge is -2.20. The van der Waals surface area contributed by atoms with Crippen LogP contribution in [0.25, 0.3) is 0 Å². The monoisotopic (exact) mass is 264 g/mol. The number of nitrogens with zero attached hydrogens (tertiary/aromatic N) is 1. The molecule has 2 atom stereocenters. The first-order valence-electron chi connectivity index (χ1n) is 7.06. The Kier molecular flexibility index (Phi) is 4.79. The van der Waals surface area contributed by atoms with Crippen LogP contribution in [-0.4, -0.2) is 0 Å². The molecular weight excluding hydrogens is 244 g/mol. The molecular formula is C18H20N2. The van der Waals surface area contributed by atoms with E-state index in [1.807, 2.05) is 43.3 Å². The topological polar surface area (TPSA) is 35.8 Å². The third kappa shape index (κ3) is 3.19. The molecule has 2 aromatic rings. The predicted molar refractivity (Wildman–Crippen MR) is 83.6 cm³/mol. The van der Waals surface area contributed by atoms with Crippen molar-refractivity contribution >= 4 is 5.69 Å². The van der Waals surface area contributed by atoms with Crippen LogP contribution in [0.3, 0.4) is 0 Å². The molecule has 0 aliphatic carbocycles. The van der Waals surface area contributed by atoms with Crippen molar-refractivity contribution in [3.63, 3.8) is 0 Å². The van der Waals surface area contributed by atoms with Gasteiger partial charge in [0, 0.05) is 11.7 Å². The summed E-state index contributed by atoms with van der Waals surface area (Å²) in [6.07, 6.45) is 0.828. The molecule has 0 amide bonds. The molecule has 2 heteroatoms. The lowest BCUT2D eigenvalue weighted by Crippen LogP contribution is -2.09. The highest BCUT2D eigenvalue weighted by Crippen LogP contribution is 2.29.